The first-order valence-corrected chi connectivity index (χ1v) is 11.6. The lowest BCUT2D eigenvalue weighted by Gasteiger charge is -2.21. The van der Waals surface area contributed by atoms with E-state index in [1.807, 2.05) is 6.07 Å². The van der Waals surface area contributed by atoms with E-state index in [0.717, 1.165) is 18.4 Å². The van der Waals surface area contributed by atoms with E-state index in [2.05, 4.69) is 20.6 Å². The molecule has 10 nitrogen and oxygen atoms in total. The van der Waals surface area contributed by atoms with E-state index in [9.17, 15) is 14.7 Å². The summed E-state index contributed by atoms with van der Waals surface area (Å²) in [6.07, 6.45) is 5.04. The molecule has 0 aliphatic heterocycles. The summed E-state index contributed by atoms with van der Waals surface area (Å²) in [5.41, 5.74) is 8.34. The van der Waals surface area contributed by atoms with Crippen molar-refractivity contribution in [3.63, 3.8) is 0 Å². The number of anilines is 2. The van der Waals surface area contributed by atoms with Crippen LogP contribution < -0.4 is 16.4 Å². The molecule has 1 aliphatic carbocycles. The molecule has 186 valence electrons. The van der Waals surface area contributed by atoms with Gasteiger partial charge in [-0.3, -0.25) is 4.79 Å². The van der Waals surface area contributed by atoms with Crippen LogP contribution in [-0.4, -0.2) is 46.4 Å². The summed E-state index contributed by atoms with van der Waals surface area (Å²) in [5.74, 6) is -0.293. The molecule has 6 N–H and O–H groups in total. The Labute approximate surface area is 208 Å². The summed E-state index contributed by atoms with van der Waals surface area (Å²) < 4.78 is 4.86. The lowest BCUT2D eigenvalue weighted by atomic mass is 10.0. The highest BCUT2D eigenvalue weighted by atomic mass is 16.5. The highest BCUT2D eigenvalue weighted by Crippen LogP contribution is 2.31. The van der Waals surface area contributed by atoms with E-state index in [1.54, 1.807) is 36.4 Å². The van der Waals surface area contributed by atoms with Crippen LogP contribution in [0.1, 0.15) is 41.2 Å². The third kappa shape index (κ3) is 5.66. The predicted molar refractivity (Wildman–Crippen MR) is 137 cm³/mol. The maximum atomic E-state index is 12.5. The third-order valence-electron chi connectivity index (χ3n) is 5.94. The summed E-state index contributed by atoms with van der Waals surface area (Å²) in [6.45, 7) is -0.0936. The van der Waals surface area contributed by atoms with Gasteiger partial charge in [0.25, 0.3) is 5.91 Å². The summed E-state index contributed by atoms with van der Waals surface area (Å²) in [5, 5.41) is 24.4. The van der Waals surface area contributed by atoms with E-state index in [1.165, 1.54) is 19.5 Å². The zero-order valence-electron chi connectivity index (χ0n) is 19.8. The van der Waals surface area contributed by atoms with Crippen molar-refractivity contribution in [2.45, 2.75) is 25.3 Å². The van der Waals surface area contributed by atoms with Crippen molar-refractivity contribution in [2.24, 2.45) is 11.7 Å². The number of nitrogens with two attached hydrogens (primary N) is 1. The van der Waals surface area contributed by atoms with Gasteiger partial charge in [0.1, 0.15) is 12.1 Å². The highest BCUT2D eigenvalue weighted by Gasteiger charge is 2.25. The minimum Gasteiger partial charge on any atom is -0.465 e. The van der Waals surface area contributed by atoms with Gasteiger partial charge in [-0.2, -0.15) is 0 Å². The van der Waals surface area contributed by atoms with Crippen LogP contribution in [0.15, 0.2) is 60.6 Å². The van der Waals surface area contributed by atoms with Gasteiger partial charge in [0, 0.05) is 29.3 Å². The van der Waals surface area contributed by atoms with Crippen LogP contribution in [0.5, 0.6) is 0 Å². The summed E-state index contributed by atoms with van der Waals surface area (Å²) >= 11 is 0. The number of nitrogens with one attached hydrogen (secondary N) is 3. The lowest BCUT2D eigenvalue weighted by molar-refractivity contribution is -0.112. The minimum absolute atomic E-state index is 0.0174. The zero-order valence-corrected chi connectivity index (χ0v) is 19.8. The average Bonchev–Trinajstić information content (AvgIpc) is 3.74. The Morgan fingerprint density at radius 2 is 2.03 bits per heavy atom. The van der Waals surface area contributed by atoms with Crippen molar-refractivity contribution >= 4 is 40.0 Å². The summed E-state index contributed by atoms with van der Waals surface area (Å²) in [7, 11) is 1.31. The standard InChI is InChI=1S/C26H28N6O4/c1-36-26(35)19-7-3-6-18-23(19)29-14-30-24(18)32-22(10-11-33)16-4-2-5-17(12-16)31-25(34)21(28)13-20(27)15-8-9-15/h2-7,12-15,22,27,33H,8-11,28H2,1H3,(H,31,34)(H,29,30,32)/b21-13-,27-20?. The number of para-hydroxylation sites is 1. The minimum atomic E-state index is -0.499. The van der Waals surface area contributed by atoms with Crippen molar-refractivity contribution in [2.75, 3.05) is 24.4 Å². The van der Waals surface area contributed by atoms with Crippen LogP contribution in [0, 0.1) is 11.3 Å². The first-order chi connectivity index (χ1) is 17.4. The number of esters is 1. The zero-order chi connectivity index (χ0) is 25.7. The van der Waals surface area contributed by atoms with Crippen LogP contribution in [-0.2, 0) is 9.53 Å². The third-order valence-corrected chi connectivity index (χ3v) is 5.94. The number of aromatic nitrogens is 2. The first kappa shape index (κ1) is 24.8. The smallest absolute Gasteiger partial charge is 0.340 e. The van der Waals surface area contributed by atoms with Crippen molar-refractivity contribution < 1.29 is 19.4 Å². The number of ether oxygens (including phenoxy) is 1. The van der Waals surface area contributed by atoms with Gasteiger partial charge in [-0.15, -0.1) is 0 Å². The molecule has 3 aromatic rings. The Morgan fingerprint density at radius 3 is 2.75 bits per heavy atom. The molecule has 1 fully saturated rings. The molecule has 0 radical (unpaired) electrons. The summed E-state index contributed by atoms with van der Waals surface area (Å²) in [4.78, 5) is 33.3. The van der Waals surface area contributed by atoms with Crippen LogP contribution in [0.25, 0.3) is 10.9 Å². The molecule has 0 bridgehead atoms. The van der Waals surface area contributed by atoms with Crippen molar-refractivity contribution in [1.29, 1.82) is 5.41 Å². The first-order valence-electron chi connectivity index (χ1n) is 11.6. The molecular weight excluding hydrogens is 460 g/mol. The molecule has 36 heavy (non-hydrogen) atoms. The number of hydrogen-bond acceptors (Lipinski definition) is 9. The van der Waals surface area contributed by atoms with Gasteiger partial charge in [-0.25, -0.2) is 14.8 Å². The maximum Gasteiger partial charge on any atom is 0.340 e. The number of benzene rings is 2. The number of carbonyl (C=O) groups excluding carboxylic acids is 2. The van der Waals surface area contributed by atoms with Crippen molar-refractivity contribution in [1.82, 2.24) is 9.97 Å². The van der Waals surface area contributed by atoms with E-state index in [4.69, 9.17) is 15.9 Å². The number of aliphatic hydroxyl groups is 1. The molecular formula is C26H28N6O4. The number of methoxy groups -OCH3 is 1. The van der Waals surface area contributed by atoms with Crippen LogP contribution in [0.2, 0.25) is 0 Å². The number of carbonyl (C=O) groups is 2. The van der Waals surface area contributed by atoms with Gasteiger partial charge in [0.05, 0.1) is 29.9 Å². The van der Waals surface area contributed by atoms with E-state index < -0.39 is 11.9 Å². The average molecular weight is 489 g/mol. The number of aliphatic hydroxyl groups excluding tert-OH is 1. The van der Waals surface area contributed by atoms with Crippen LogP contribution in [0.3, 0.4) is 0 Å². The van der Waals surface area contributed by atoms with Gasteiger partial charge in [-0.1, -0.05) is 18.2 Å². The molecule has 4 rings (SSSR count). The van der Waals surface area contributed by atoms with E-state index >= 15 is 0 Å². The van der Waals surface area contributed by atoms with E-state index in [-0.39, 0.29) is 24.3 Å². The molecule has 2 aromatic carbocycles. The van der Waals surface area contributed by atoms with Gasteiger partial charge in [0.15, 0.2) is 0 Å². The Hall–Kier alpha value is -4.31. The largest absolute Gasteiger partial charge is 0.465 e. The SMILES string of the molecule is COC(=O)c1cccc2c(NC(CCO)c3cccc(NC(=O)/C(N)=C/C(=N)C4CC4)c3)ncnc12. The second-order valence-electron chi connectivity index (χ2n) is 8.53. The maximum absolute atomic E-state index is 12.5. The molecule has 10 heteroatoms. The van der Waals surface area contributed by atoms with Gasteiger partial charge < -0.3 is 31.6 Å². The number of hydrogen-bond donors (Lipinski definition) is 5. The molecule has 1 atom stereocenters. The second kappa shape index (κ2) is 11.0. The molecule has 0 spiro atoms. The van der Waals surface area contributed by atoms with Crippen molar-refractivity contribution in [3.05, 3.63) is 71.7 Å². The number of allylic oxidation sites excluding steroid dienone is 1. The predicted octanol–water partition coefficient (Wildman–Crippen LogP) is 3.16. The van der Waals surface area contributed by atoms with Gasteiger partial charge in [-0.05, 0) is 55.2 Å². The van der Waals surface area contributed by atoms with Crippen molar-refractivity contribution in [3.8, 4) is 0 Å². The van der Waals surface area contributed by atoms with Crippen LogP contribution in [0.4, 0.5) is 11.5 Å². The fraction of sp³-hybridized carbons (Fsp3) is 0.269. The molecule has 0 saturated heterocycles. The fourth-order valence-corrected chi connectivity index (χ4v) is 3.88. The lowest BCUT2D eigenvalue weighted by Crippen LogP contribution is -2.21. The topological polar surface area (TPSA) is 163 Å². The van der Waals surface area contributed by atoms with Gasteiger partial charge >= 0.3 is 5.97 Å². The number of rotatable bonds is 10. The monoisotopic (exact) mass is 488 g/mol. The normalized spacial score (nSPS) is 14.2. The molecule has 1 saturated carbocycles. The second-order valence-corrected chi connectivity index (χ2v) is 8.53. The van der Waals surface area contributed by atoms with Gasteiger partial charge in [0.2, 0.25) is 0 Å². The van der Waals surface area contributed by atoms with E-state index in [0.29, 0.717) is 40.1 Å². The molecule has 1 amide bonds. The Kier molecular flexibility index (Phi) is 7.55. The highest BCUT2D eigenvalue weighted by molar-refractivity contribution is 6.09. The Morgan fingerprint density at radius 1 is 1.25 bits per heavy atom. The molecule has 1 unspecified atom stereocenters. The molecule has 1 aliphatic rings. The number of amides is 1. The Balaban J connectivity index is 1.57. The Bertz CT molecular complexity index is 1340. The molecule has 1 aromatic heterocycles. The number of nitrogens with zero attached hydrogens (tertiary/aromatic N) is 2. The van der Waals surface area contributed by atoms with Crippen LogP contribution >= 0.6 is 0 Å². The quantitative estimate of drug-likeness (QED) is 0.165. The fourth-order valence-electron chi connectivity index (χ4n) is 3.88. The number of fused-ring (bicyclic) bond motifs is 1. The molecule has 1 heterocycles. The summed E-state index contributed by atoms with van der Waals surface area (Å²) in [6, 6.07) is 12.0.